The lowest BCUT2D eigenvalue weighted by Gasteiger charge is -2.30. The summed E-state index contributed by atoms with van der Waals surface area (Å²) in [6, 6.07) is 8.74. The second kappa shape index (κ2) is 7.06. The molecule has 2 aromatic rings. The molecule has 1 N–H and O–H groups in total. The summed E-state index contributed by atoms with van der Waals surface area (Å²) in [6.07, 6.45) is 0. The molecule has 1 fully saturated rings. The Bertz CT molecular complexity index is 821. The van der Waals surface area contributed by atoms with E-state index in [-0.39, 0.29) is 22.9 Å². The summed E-state index contributed by atoms with van der Waals surface area (Å²) in [5.41, 5.74) is 1.54. The summed E-state index contributed by atoms with van der Waals surface area (Å²) in [5, 5.41) is 4.32. The third kappa shape index (κ3) is 3.56. The van der Waals surface area contributed by atoms with Gasteiger partial charge in [-0.1, -0.05) is 17.7 Å². The molecule has 1 amide bonds. The molecule has 0 spiro atoms. The number of carbonyl (C=O) groups excluding carboxylic acids is 1. The molecule has 1 aliphatic heterocycles. The molecular formula is C18H23N4O3+. The van der Waals surface area contributed by atoms with Crippen LogP contribution in [0.15, 0.2) is 35.1 Å². The summed E-state index contributed by atoms with van der Waals surface area (Å²) in [6.45, 7) is 5.09. The maximum absolute atomic E-state index is 12.9. The number of quaternary nitrogens is 1. The fourth-order valence-electron chi connectivity index (χ4n) is 2.86. The van der Waals surface area contributed by atoms with Crippen molar-refractivity contribution in [2.24, 2.45) is 0 Å². The van der Waals surface area contributed by atoms with Gasteiger partial charge in [-0.25, -0.2) is 0 Å². The lowest BCUT2D eigenvalue weighted by Crippen LogP contribution is -3.12. The van der Waals surface area contributed by atoms with Crippen molar-refractivity contribution < 1.29 is 14.4 Å². The minimum atomic E-state index is -0.333. The van der Waals surface area contributed by atoms with Crippen LogP contribution in [-0.2, 0) is 0 Å². The van der Waals surface area contributed by atoms with Crippen molar-refractivity contribution in [2.45, 2.75) is 6.92 Å². The molecule has 0 bridgehead atoms. The van der Waals surface area contributed by atoms with Gasteiger partial charge in [-0.05, 0) is 19.1 Å². The first kappa shape index (κ1) is 17.2. The zero-order valence-corrected chi connectivity index (χ0v) is 14.8. The number of hydrogen-bond donors (Lipinski definition) is 1. The van der Waals surface area contributed by atoms with Crippen molar-refractivity contribution in [2.75, 3.05) is 40.3 Å². The first-order valence-corrected chi connectivity index (χ1v) is 8.35. The number of amides is 1. The standard InChI is InChI=1S/C18H22N4O3/c1-13-4-6-14(7-5-13)22-16(23)12-15(25-3)17(19-22)18(24)21-10-8-20(2)9-11-21/h4-7,12H,8-11H2,1-3H3/p+1. The highest BCUT2D eigenvalue weighted by Gasteiger charge is 2.27. The number of nitrogens with zero attached hydrogens (tertiary/aromatic N) is 3. The molecule has 0 aliphatic carbocycles. The van der Waals surface area contributed by atoms with Crippen LogP contribution in [0.4, 0.5) is 0 Å². The summed E-state index contributed by atoms with van der Waals surface area (Å²) >= 11 is 0. The van der Waals surface area contributed by atoms with Crippen LogP contribution in [0.2, 0.25) is 0 Å². The van der Waals surface area contributed by atoms with E-state index in [0.29, 0.717) is 18.8 Å². The Hall–Kier alpha value is -2.67. The Morgan fingerprint density at radius 2 is 1.84 bits per heavy atom. The second-order valence-corrected chi connectivity index (χ2v) is 6.40. The summed E-state index contributed by atoms with van der Waals surface area (Å²) in [4.78, 5) is 28.4. The number of rotatable bonds is 3. The van der Waals surface area contributed by atoms with Gasteiger partial charge in [0.25, 0.3) is 11.5 Å². The fourth-order valence-corrected chi connectivity index (χ4v) is 2.86. The number of aromatic nitrogens is 2. The lowest BCUT2D eigenvalue weighted by atomic mass is 10.2. The van der Waals surface area contributed by atoms with Crippen molar-refractivity contribution in [1.29, 1.82) is 0 Å². The Morgan fingerprint density at radius 3 is 2.44 bits per heavy atom. The maximum atomic E-state index is 12.9. The number of piperazine rings is 1. The molecule has 1 aliphatic rings. The van der Waals surface area contributed by atoms with Crippen molar-refractivity contribution >= 4 is 5.91 Å². The van der Waals surface area contributed by atoms with E-state index in [2.05, 4.69) is 12.1 Å². The number of aryl methyl sites for hydroxylation is 1. The second-order valence-electron chi connectivity index (χ2n) is 6.40. The lowest BCUT2D eigenvalue weighted by molar-refractivity contribution is -0.883. The zero-order valence-electron chi connectivity index (χ0n) is 14.8. The highest BCUT2D eigenvalue weighted by Crippen LogP contribution is 2.17. The van der Waals surface area contributed by atoms with Crippen LogP contribution >= 0.6 is 0 Å². The maximum Gasteiger partial charge on any atom is 0.278 e. The zero-order chi connectivity index (χ0) is 18.0. The Morgan fingerprint density at radius 1 is 1.20 bits per heavy atom. The average Bonchev–Trinajstić information content (AvgIpc) is 2.62. The quantitative estimate of drug-likeness (QED) is 0.817. The van der Waals surface area contributed by atoms with Crippen LogP contribution in [0.3, 0.4) is 0 Å². The van der Waals surface area contributed by atoms with E-state index >= 15 is 0 Å². The van der Waals surface area contributed by atoms with E-state index < -0.39 is 0 Å². The molecule has 1 saturated heterocycles. The molecule has 3 rings (SSSR count). The number of hydrogen-bond acceptors (Lipinski definition) is 4. The van der Waals surface area contributed by atoms with Crippen LogP contribution in [-0.4, -0.2) is 60.9 Å². The smallest absolute Gasteiger partial charge is 0.278 e. The molecule has 0 unspecified atom stereocenters. The van der Waals surface area contributed by atoms with Crippen LogP contribution in [0.5, 0.6) is 5.75 Å². The van der Waals surface area contributed by atoms with Gasteiger partial charge < -0.3 is 14.5 Å². The van der Waals surface area contributed by atoms with Gasteiger partial charge in [0.1, 0.15) is 0 Å². The highest BCUT2D eigenvalue weighted by molar-refractivity contribution is 5.94. The van der Waals surface area contributed by atoms with E-state index in [1.165, 1.54) is 22.8 Å². The Kier molecular flexibility index (Phi) is 4.85. The van der Waals surface area contributed by atoms with E-state index in [4.69, 9.17) is 4.74 Å². The first-order valence-electron chi connectivity index (χ1n) is 8.35. The van der Waals surface area contributed by atoms with Crippen LogP contribution in [0, 0.1) is 6.92 Å². The predicted octanol–water partition coefficient (Wildman–Crippen LogP) is -0.480. The van der Waals surface area contributed by atoms with Gasteiger partial charge in [-0.3, -0.25) is 9.59 Å². The number of likely N-dealkylation sites (N-methyl/N-ethyl adjacent to an activating group) is 1. The third-order valence-corrected chi connectivity index (χ3v) is 4.50. The molecule has 25 heavy (non-hydrogen) atoms. The molecule has 0 radical (unpaired) electrons. The first-order chi connectivity index (χ1) is 12.0. The summed E-state index contributed by atoms with van der Waals surface area (Å²) < 4.78 is 6.49. The fraction of sp³-hybridized carbons (Fsp3) is 0.389. The van der Waals surface area contributed by atoms with Gasteiger partial charge in [0.05, 0.1) is 52.1 Å². The summed E-state index contributed by atoms with van der Waals surface area (Å²) in [7, 11) is 3.55. The van der Waals surface area contributed by atoms with Crippen molar-refractivity contribution in [3.63, 3.8) is 0 Å². The van der Waals surface area contributed by atoms with Gasteiger partial charge in [0.2, 0.25) is 0 Å². The molecule has 7 nitrogen and oxygen atoms in total. The van der Waals surface area contributed by atoms with E-state index in [9.17, 15) is 9.59 Å². The number of carbonyl (C=O) groups is 1. The molecule has 0 atom stereocenters. The topological polar surface area (TPSA) is 68.9 Å². The number of methoxy groups -OCH3 is 1. The molecule has 7 heteroatoms. The normalized spacial score (nSPS) is 15.2. The average molecular weight is 343 g/mol. The van der Waals surface area contributed by atoms with Crippen molar-refractivity contribution in [3.8, 4) is 11.4 Å². The largest absolute Gasteiger partial charge is 0.494 e. The molecule has 1 aromatic carbocycles. The molecule has 2 heterocycles. The van der Waals surface area contributed by atoms with Gasteiger partial charge in [-0.15, -0.1) is 0 Å². The predicted molar refractivity (Wildman–Crippen MR) is 93.6 cm³/mol. The Balaban J connectivity index is 2.00. The number of ether oxygens (including phenoxy) is 1. The molecular weight excluding hydrogens is 320 g/mol. The molecule has 1 aromatic heterocycles. The van der Waals surface area contributed by atoms with Crippen molar-refractivity contribution in [1.82, 2.24) is 14.7 Å². The van der Waals surface area contributed by atoms with E-state index in [1.54, 1.807) is 4.90 Å². The highest BCUT2D eigenvalue weighted by atomic mass is 16.5. The van der Waals surface area contributed by atoms with E-state index in [0.717, 1.165) is 18.7 Å². The monoisotopic (exact) mass is 343 g/mol. The van der Waals surface area contributed by atoms with Crippen LogP contribution in [0.25, 0.3) is 5.69 Å². The number of benzene rings is 1. The van der Waals surface area contributed by atoms with E-state index in [1.807, 2.05) is 31.2 Å². The van der Waals surface area contributed by atoms with Gasteiger partial charge in [0, 0.05) is 0 Å². The van der Waals surface area contributed by atoms with Crippen LogP contribution < -0.4 is 15.2 Å². The molecule has 0 saturated carbocycles. The van der Waals surface area contributed by atoms with Gasteiger partial charge in [0.15, 0.2) is 11.4 Å². The van der Waals surface area contributed by atoms with Gasteiger partial charge >= 0.3 is 0 Å². The van der Waals surface area contributed by atoms with Crippen molar-refractivity contribution in [3.05, 3.63) is 51.9 Å². The van der Waals surface area contributed by atoms with Gasteiger partial charge in [-0.2, -0.15) is 9.78 Å². The Labute approximate surface area is 146 Å². The third-order valence-electron chi connectivity index (χ3n) is 4.50. The number of nitrogens with one attached hydrogen (secondary N) is 1. The molecule has 132 valence electrons. The minimum Gasteiger partial charge on any atom is -0.494 e. The summed E-state index contributed by atoms with van der Waals surface area (Å²) in [5.74, 6) is 0.00912. The minimum absolute atomic E-state index is 0.169. The SMILES string of the molecule is COc1cc(=O)n(-c2ccc(C)cc2)nc1C(=O)N1CC[NH+](C)CC1. The van der Waals surface area contributed by atoms with Crippen LogP contribution in [0.1, 0.15) is 16.1 Å².